The first kappa shape index (κ1) is 19.8. The van der Waals surface area contributed by atoms with Gasteiger partial charge in [-0.1, -0.05) is 22.3 Å². The summed E-state index contributed by atoms with van der Waals surface area (Å²) < 4.78 is 6.66. The van der Waals surface area contributed by atoms with Gasteiger partial charge in [0, 0.05) is 31.9 Å². The molecule has 1 saturated heterocycles. The van der Waals surface area contributed by atoms with Crippen LogP contribution in [0.2, 0.25) is 0 Å². The topological polar surface area (TPSA) is 114 Å². The maximum atomic E-state index is 13.0. The van der Waals surface area contributed by atoms with Crippen LogP contribution >= 0.6 is 0 Å². The number of aromatic nitrogens is 4. The molecule has 0 spiro atoms. The van der Waals surface area contributed by atoms with Crippen LogP contribution in [0, 0.1) is 13.8 Å². The molecule has 0 saturated carbocycles. The Labute approximate surface area is 172 Å². The second-order valence-electron chi connectivity index (χ2n) is 7.84. The molecule has 1 aliphatic heterocycles. The molecule has 1 aliphatic rings. The van der Waals surface area contributed by atoms with E-state index in [0.29, 0.717) is 24.5 Å². The minimum Gasteiger partial charge on any atom is -0.339 e. The highest BCUT2D eigenvalue weighted by molar-refractivity contribution is 5.94. The van der Waals surface area contributed by atoms with E-state index in [4.69, 9.17) is 4.52 Å². The van der Waals surface area contributed by atoms with Crippen molar-refractivity contribution in [2.45, 2.75) is 32.6 Å². The van der Waals surface area contributed by atoms with Gasteiger partial charge in [0.15, 0.2) is 0 Å². The van der Waals surface area contributed by atoms with Gasteiger partial charge in [-0.2, -0.15) is 4.98 Å². The quantitative estimate of drug-likeness (QED) is 0.705. The molecule has 3 aromatic rings. The number of hydrogen-bond acceptors (Lipinski definition) is 6. The molecular formula is C21H23N5O4. The standard InChI is InChI=1S/C21H23N5O4/c1-12-7-13(2)9-15(8-12)20(28)26-6-4-5-14(10-26)19-22-17(24-30-19)16-11-25(3)21(29)23-18(16)27/h7-9,11,14H,4-6,10H2,1-3H3,(H,23,27,29). The number of carbonyl (C=O) groups is 1. The molecule has 4 rings (SSSR count). The Kier molecular flexibility index (Phi) is 5.11. The maximum Gasteiger partial charge on any atom is 0.328 e. The molecule has 1 aromatic carbocycles. The number of carbonyl (C=O) groups excluding carboxylic acids is 1. The van der Waals surface area contributed by atoms with Crippen molar-refractivity contribution in [1.82, 2.24) is 24.6 Å². The van der Waals surface area contributed by atoms with Crippen LogP contribution in [0.5, 0.6) is 0 Å². The van der Waals surface area contributed by atoms with E-state index in [1.807, 2.05) is 36.9 Å². The van der Waals surface area contributed by atoms with Gasteiger partial charge in [0.1, 0.15) is 5.56 Å². The highest BCUT2D eigenvalue weighted by Crippen LogP contribution is 2.28. The van der Waals surface area contributed by atoms with Gasteiger partial charge in [0.05, 0.1) is 5.92 Å². The molecule has 1 atom stereocenters. The van der Waals surface area contributed by atoms with Crippen LogP contribution in [0.3, 0.4) is 0 Å². The average molecular weight is 409 g/mol. The highest BCUT2D eigenvalue weighted by atomic mass is 16.5. The number of H-pyrrole nitrogens is 1. The Morgan fingerprint density at radius 3 is 2.67 bits per heavy atom. The van der Waals surface area contributed by atoms with Crippen molar-refractivity contribution in [3.63, 3.8) is 0 Å². The summed E-state index contributed by atoms with van der Waals surface area (Å²) in [5, 5.41) is 3.92. The largest absolute Gasteiger partial charge is 0.339 e. The van der Waals surface area contributed by atoms with E-state index in [-0.39, 0.29) is 23.2 Å². The number of benzene rings is 1. The Balaban J connectivity index is 1.56. The van der Waals surface area contributed by atoms with Crippen LogP contribution in [0.15, 0.2) is 38.5 Å². The summed E-state index contributed by atoms with van der Waals surface area (Å²) in [4.78, 5) is 45.0. The number of nitrogens with one attached hydrogen (secondary N) is 1. The van der Waals surface area contributed by atoms with Gasteiger partial charge < -0.3 is 14.0 Å². The molecule has 9 nitrogen and oxygen atoms in total. The number of hydrogen-bond donors (Lipinski definition) is 1. The Hall–Kier alpha value is -3.49. The van der Waals surface area contributed by atoms with Crippen LogP contribution in [0.1, 0.15) is 46.1 Å². The van der Waals surface area contributed by atoms with Gasteiger partial charge in [-0.3, -0.25) is 14.6 Å². The lowest BCUT2D eigenvalue weighted by molar-refractivity contribution is 0.0695. The molecule has 156 valence electrons. The zero-order valence-corrected chi connectivity index (χ0v) is 17.1. The summed E-state index contributed by atoms with van der Waals surface area (Å²) in [6.45, 7) is 5.09. The van der Waals surface area contributed by atoms with Gasteiger partial charge in [0.2, 0.25) is 11.7 Å². The molecule has 1 fully saturated rings. The zero-order chi connectivity index (χ0) is 21.4. The van der Waals surface area contributed by atoms with Gasteiger partial charge in [-0.15, -0.1) is 0 Å². The second kappa shape index (κ2) is 7.74. The molecule has 0 aliphatic carbocycles. The van der Waals surface area contributed by atoms with Gasteiger partial charge >= 0.3 is 5.69 Å². The number of likely N-dealkylation sites (tertiary alicyclic amines) is 1. The smallest absolute Gasteiger partial charge is 0.328 e. The SMILES string of the molecule is Cc1cc(C)cc(C(=O)N2CCCC(c3nc(-c4cn(C)c(=O)[nH]c4=O)no3)C2)c1. The van der Waals surface area contributed by atoms with Crippen molar-refractivity contribution in [3.05, 3.63) is 67.8 Å². The number of rotatable bonds is 3. The van der Waals surface area contributed by atoms with Gasteiger partial charge in [0.25, 0.3) is 11.5 Å². The molecule has 2 aromatic heterocycles. The van der Waals surface area contributed by atoms with Crippen LogP contribution in [0.4, 0.5) is 0 Å². The minimum atomic E-state index is -0.569. The lowest BCUT2D eigenvalue weighted by Gasteiger charge is -2.31. The van der Waals surface area contributed by atoms with E-state index in [1.54, 1.807) is 0 Å². The van der Waals surface area contributed by atoms with E-state index < -0.39 is 11.2 Å². The predicted octanol–water partition coefficient (Wildman–Crippen LogP) is 1.76. The summed E-state index contributed by atoms with van der Waals surface area (Å²) in [6.07, 6.45) is 3.01. The monoisotopic (exact) mass is 409 g/mol. The van der Waals surface area contributed by atoms with Crippen molar-refractivity contribution < 1.29 is 9.32 Å². The third kappa shape index (κ3) is 3.83. The second-order valence-corrected chi connectivity index (χ2v) is 7.84. The summed E-state index contributed by atoms with van der Waals surface area (Å²) in [5.41, 5.74) is 1.86. The van der Waals surface area contributed by atoms with Gasteiger partial charge in [-0.25, -0.2) is 4.79 Å². The predicted molar refractivity (Wildman–Crippen MR) is 109 cm³/mol. The third-order valence-electron chi connectivity index (χ3n) is 5.32. The van der Waals surface area contributed by atoms with Crippen molar-refractivity contribution in [2.24, 2.45) is 7.05 Å². The van der Waals surface area contributed by atoms with E-state index in [1.165, 1.54) is 17.8 Å². The van der Waals surface area contributed by atoms with Gasteiger partial charge in [-0.05, 0) is 38.8 Å². The highest BCUT2D eigenvalue weighted by Gasteiger charge is 2.29. The molecular weight excluding hydrogens is 386 g/mol. The summed E-state index contributed by atoms with van der Waals surface area (Å²) in [6, 6.07) is 5.84. The Morgan fingerprint density at radius 2 is 1.93 bits per heavy atom. The molecule has 0 bridgehead atoms. The fraction of sp³-hybridized carbons (Fsp3) is 0.381. The van der Waals surface area contributed by atoms with Crippen molar-refractivity contribution >= 4 is 5.91 Å². The van der Waals surface area contributed by atoms with Crippen LogP contribution in [-0.4, -0.2) is 43.6 Å². The summed E-state index contributed by atoms with van der Waals surface area (Å²) in [7, 11) is 1.53. The molecule has 1 unspecified atom stereocenters. The fourth-order valence-electron chi connectivity index (χ4n) is 3.88. The first-order valence-electron chi connectivity index (χ1n) is 9.83. The van der Waals surface area contributed by atoms with Crippen LogP contribution < -0.4 is 11.2 Å². The van der Waals surface area contributed by atoms with E-state index in [9.17, 15) is 14.4 Å². The van der Waals surface area contributed by atoms with Crippen LogP contribution in [0.25, 0.3) is 11.4 Å². The van der Waals surface area contributed by atoms with Crippen molar-refractivity contribution in [1.29, 1.82) is 0 Å². The number of piperidine rings is 1. The molecule has 1 amide bonds. The first-order chi connectivity index (χ1) is 14.3. The van der Waals surface area contributed by atoms with Crippen LogP contribution in [-0.2, 0) is 7.05 Å². The molecule has 30 heavy (non-hydrogen) atoms. The van der Waals surface area contributed by atoms with E-state index >= 15 is 0 Å². The average Bonchev–Trinajstić information content (AvgIpc) is 3.19. The maximum absolute atomic E-state index is 13.0. The number of amides is 1. The fourth-order valence-corrected chi connectivity index (χ4v) is 3.88. The first-order valence-corrected chi connectivity index (χ1v) is 9.83. The van der Waals surface area contributed by atoms with Crippen molar-refractivity contribution in [3.8, 4) is 11.4 Å². The summed E-state index contributed by atoms with van der Waals surface area (Å²) in [5.74, 6) is 0.387. The molecule has 3 heterocycles. The molecule has 0 radical (unpaired) electrons. The number of aryl methyl sites for hydroxylation is 3. The normalized spacial score (nSPS) is 16.6. The minimum absolute atomic E-state index is 0.0132. The number of nitrogens with zero attached hydrogens (tertiary/aromatic N) is 4. The van der Waals surface area contributed by atoms with E-state index in [2.05, 4.69) is 15.1 Å². The third-order valence-corrected chi connectivity index (χ3v) is 5.32. The Morgan fingerprint density at radius 1 is 1.20 bits per heavy atom. The number of aromatic amines is 1. The lowest BCUT2D eigenvalue weighted by atomic mass is 9.97. The molecule has 9 heteroatoms. The zero-order valence-electron chi connectivity index (χ0n) is 17.1. The summed E-state index contributed by atoms with van der Waals surface area (Å²) >= 11 is 0. The Bertz CT molecular complexity index is 1200. The van der Waals surface area contributed by atoms with Crippen molar-refractivity contribution in [2.75, 3.05) is 13.1 Å². The molecule has 1 N–H and O–H groups in total. The lowest BCUT2D eigenvalue weighted by Crippen LogP contribution is -2.39. The van der Waals surface area contributed by atoms with E-state index in [0.717, 1.165) is 24.0 Å².